The predicted octanol–water partition coefficient (Wildman–Crippen LogP) is -1.66. The Kier molecular flexibility index (Phi) is 14.3. The SMILES string of the molecule is COc1cc(/C=C/Cc2c(/C=C/CO)cc(OC)c(O[C@@H]3O[C@H](CO)[C@@H](O)[C@@H](O)[C@H]3O)c2OC)cc(OC)c1O[C@@H]1O[C@H](CO)[C@@H](O)[C@H](O)[C@H]1O. The van der Waals surface area contributed by atoms with Crippen molar-refractivity contribution in [2.45, 2.75) is 67.8 Å². The van der Waals surface area contributed by atoms with E-state index in [1.54, 1.807) is 36.4 Å². The number of allylic oxidation sites excluding steroid dienone is 1. The Morgan fingerprint density at radius 3 is 1.51 bits per heavy atom. The monoisotopic (exact) mass is 726 g/mol. The first-order chi connectivity index (χ1) is 24.5. The molecular weight excluding hydrogens is 680 g/mol. The Morgan fingerprint density at radius 2 is 1.06 bits per heavy atom. The first kappa shape index (κ1) is 40.1. The molecule has 0 radical (unpaired) electrons. The van der Waals surface area contributed by atoms with Crippen LogP contribution in [-0.4, -0.2) is 156 Å². The van der Waals surface area contributed by atoms with Crippen LogP contribution in [0.25, 0.3) is 12.2 Å². The Hall–Kier alpha value is -3.72. The molecule has 0 spiro atoms. The van der Waals surface area contributed by atoms with E-state index in [1.807, 2.05) is 0 Å². The smallest absolute Gasteiger partial charge is 0.229 e. The minimum absolute atomic E-state index is 0.00749. The lowest BCUT2D eigenvalue weighted by molar-refractivity contribution is -0.277. The van der Waals surface area contributed by atoms with Crippen molar-refractivity contribution in [2.75, 3.05) is 48.3 Å². The molecule has 0 amide bonds. The van der Waals surface area contributed by atoms with Crippen LogP contribution in [-0.2, 0) is 15.9 Å². The predicted molar refractivity (Wildman–Crippen MR) is 177 cm³/mol. The van der Waals surface area contributed by atoms with Gasteiger partial charge in [0.15, 0.2) is 23.0 Å². The summed E-state index contributed by atoms with van der Waals surface area (Å²) in [6.07, 6.45) is -8.47. The van der Waals surface area contributed by atoms with E-state index >= 15 is 0 Å². The van der Waals surface area contributed by atoms with Crippen LogP contribution in [0.15, 0.2) is 30.4 Å². The third kappa shape index (κ3) is 8.67. The summed E-state index contributed by atoms with van der Waals surface area (Å²) in [6.45, 7) is -1.56. The minimum Gasteiger partial charge on any atom is -0.493 e. The Morgan fingerprint density at radius 1 is 0.569 bits per heavy atom. The standard InChI is InChI=1S/C34H46O17/c1-44-19-11-16(12-20(45-2)31(19)50-33-28(42)26(40)24(38)22(14-36)48-33)7-5-9-18-17(8-6-10-35)13-21(46-3)32(30(18)47-4)51-34-29(43)27(41)25(39)23(15-37)49-34/h5-8,11-13,22-29,33-43H,9-10,14-15H2,1-4H3/b7-5+,8-6+/t22-,23-,24-,25-,26+,27-,28-,29-,33+,34+/m1/s1. The summed E-state index contributed by atoms with van der Waals surface area (Å²) >= 11 is 0. The van der Waals surface area contributed by atoms with Crippen molar-refractivity contribution in [2.24, 2.45) is 0 Å². The fourth-order valence-corrected chi connectivity index (χ4v) is 5.68. The number of hydrogen-bond donors (Lipinski definition) is 9. The molecule has 0 aliphatic carbocycles. The molecule has 2 saturated heterocycles. The number of hydrogen-bond acceptors (Lipinski definition) is 17. The highest BCUT2D eigenvalue weighted by Crippen LogP contribution is 2.45. The van der Waals surface area contributed by atoms with E-state index in [4.69, 9.17) is 37.9 Å². The first-order valence-electron chi connectivity index (χ1n) is 15.9. The molecule has 51 heavy (non-hydrogen) atoms. The summed E-state index contributed by atoms with van der Waals surface area (Å²) in [5.41, 5.74) is 1.69. The van der Waals surface area contributed by atoms with Gasteiger partial charge in [0.25, 0.3) is 0 Å². The van der Waals surface area contributed by atoms with Crippen molar-refractivity contribution >= 4 is 12.2 Å². The van der Waals surface area contributed by atoms with Crippen LogP contribution in [0.1, 0.15) is 16.7 Å². The molecule has 17 heteroatoms. The summed E-state index contributed by atoms with van der Waals surface area (Å²) in [5, 5.41) is 90.6. The van der Waals surface area contributed by atoms with Gasteiger partial charge in [-0.15, -0.1) is 0 Å². The maximum Gasteiger partial charge on any atom is 0.229 e. The van der Waals surface area contributed by atoms with Crippen LogP contribution in [0.4, 0.5) is 0 Å². The summed E-state index contributed by atoms with van der Waals surface area (Å²) in [7, 11) is 5.51. The molecule has 0 saturated carbocycles. The second kappa shape index (κ2) is 18.2. The molecule has 9 N–H and O–H groups in total. The number of aliphatic hydroxyl groups is 9. The molecule has 2 aromatic carbocycles. The topological polar surface area (TPSA) is 256 Å². The fraction of sp³-hybridized carbons (Fsp3) is 0.529. The second-order valence-electron chi connectivity index (χ2n) is 11.6. The second-order valence-corrected chi connectivity index (χ2v) is 11.6. The van der Waals surface area contributed by atoms with Crippen LogP contribution in [0, 0.1) is 0 Å². The average Bonchev–Trinajstić information content (AvgIpc) is 3.14. The molecule has 2 fully saturated rings. The van der Waals surface area contributed by atoms with Crippen LogP contribution in [0.3, 0.4) is 0 Å². The zero-order valence-corrected chi connectivity index (χ0v) is 28.4. The van der Waals surface area contributed by atoms with Gasteiger partial charge in [-0.1, -0.05) is 24.3 Å². The van der Waals surface area contributed by atoms with Gasteiger partial charge < -0.3 is 83.9 Å². The van der Waals surface area contributed by atoms with Crippen molar-refractivity contribution in [3.63, 3.8) is 0 Å². The van der Waals surface area contributed by atoms with Gasteiger partial charge in [0.1, 0.15) is 48.8 Å². The van der Waals surface area contributed by atoms with Gasteiger partial charge >= 0.3 is 0 Å². The van der Waals surface area contributed by atoms with E-state index in [0.717, 1.165) is 0 Å². The van der Waals surface area contributed by atoms with Crippen LogP contribution in [0.5, 0.6) is 34.5 Å². The molecule has 0 unspecified atom stereocenters. The number of aliphatic hydroxyl groups excluding tert-OH is 9. The largest absolute Gasteiger partial charge is 0.493 e. The van der Waals surface area contributed by atoms with Crippen molar-refractivity contribution in [3.8, 4) is 34.5 Å². The number of benzene rings is 2. The number of rotatable bonds is 15. The van der Waals surface area contributed by atoms with Gasteiger partial charge in [0.2, 0.25) is 24.1 Å². The first-order valence-corrected chi connectivity index (χ1v) is 15.9. The lowest BCUT2D eigenvalue weighted by atomic mass is 9.98. The van der Waals surface area contributed by atoms with Crippen LogP contribution < -0.4 is 28.4 Å². The zero-order chi connectivity index (χ0) is 37.4. The molecule has 10 atom stereocenters. The Labute approximate surface area is 293 Å². The highest BCUT2D eigenvalue weighted by Gasteiger charge is 2.46. The average molecular weight is 727 g/mol. The third-order valence-electron chi connectivity index (χ3n) is 8.45. The molecular formula is C34H46O17. The summed E-state index contributed by atoms with van der Waals surface area (Å²) < 4.78 is 45.2. The summed E-state index contributed by atoms with van der Waals surface area (Å²) in [5.74, 6) is 0.645. The van der Waals surface area contributed by atoms with Crippen molar-refractivity contribution in [1.82, 2.24) is 0 Å². The number of methoxy groups -OCH3 is 4. The van der Waals surface area contributed by atoms with Gasteiger partial charge in [-0.05, 0) is 35.7 Å². The molecule has 2 heterocycles. The Balaban J connectivity index is 1.67. The molecule has 284 valence electrons. The molecule has 2 aliphatic rings. The van der Waals surface area contributed by atoms with E-state index in [0.29, 0.717) is 16.7 Å². The molecule has 2 aromatic rings. The van der Waals surface area contributed by atoms with Crippen LogP contribution in [0.2, 0.25) is 0 Å². The maximum atomic E-state index is 10.6. The third-order valence-corrected chi connectivity index (χ3v) is 8.45. The van der Waals surface area contributed by atoms with E-state index < -0.39 is 74.6 Å². The quantitative estimate of drug-likeness (QED) is 0.0995. The number of ether oxygens (including phenoxy) is 8. The molecule has 2 aliphatic heterocycles. The lowest BCUT2D eigenvalue weighted by Crippen LogP contribution is -2.60. The highest BCUT2D eigenvalue weighted by molar-refractivity contribution is 5.69. The van der Waals surface area contributed by atoms with Gasteiger partial charge in [-0.2, -0.15) is 0 Å². The zero-order valence-electron chi connectivity index (χ0n) is 28.4. The molecule has 4 rings (SSSR count). The Bertz CT molecular complexity index is 1470. The van der Waals surface area contributed by atoms with Gasteiger partial charge in [0.05, 0.1) is 48.3 Å². The molecule has 0 bridgehead atoms. The van der Waals surface area contributed by atoms with E-state index in [9.17, 15) is 46.0 Å². The van der Waals surface area contributed by atoms with Gasteiger partial charge in [-0.25, -0.2) is 0 Å². The minimum atomic E-state index is -1.70. The van der Waals surface area contributed by atoms with E-state index in [2.05, 4.69) is 0 Å². The summed E-state index contributed by atoms with van der Waals surface area (Å²) in [6, 6.07) is 4.81. The van der Waals surface area contributed by atoms with E-state index in [-0.39, 0.29) is 47.5 Å². The highest BCUT2D eigenvalue weighted by atomic mass is 16.7. The summed E-state index contributed by atoms with van der Waals surface area (Å²) in [4.78, 5) is 0. The lowest BCUT2D eigenvalue weighted by Gasteiger charge is -2.39. The molecule has 17 nitrogen and oxygen atoms in total. The van der Waals surface area contributed by atoms with Gasteiger partial charge in [-0.3, -0.25) is 0 Å². The van der Waals surface area contributed by atoms with Crippen molar-refractivity contribution in [1.29, 1.82) is 0 Å². The van der Waals surface area contributed by atoms with Crippen LogP contribution >= 0.6 is 0 Å². The van der Waals surface area contributed by atoms with Crippen molar-refractivity contribution < 1.29 is 83.9 Å². The van der Waals surface area contributed by atoms with Gasteiger partial charge in [0, 0.05) is 5.56 Å². The fourth-order valence-electron chi connectivity index (χ4n) is 5.68. The maximum absolute atomic E-state index is 10.6. The van der Waals surface area contributed by atoms with E-state index in [1.165, 1.54) is 34.5 Å². The normalized spacial score (nSPS) is 29.7. The molecule has 0 aromatic heterocycles. The van der Waals surface area contributed by atoms with Crippen molar-refractivity contribution in [3.05, 3.63) is 47.0 Å².